The van der Waals surface area contributed by atoms with Crippen LogP contribution in [0.15, 0.2) is 11.6 Å². The first-order valence-electron chi connectivity index (χ1n) is 16.3. The summed E-state index contributed by atoms with van der Waals surface area (Å²) in [5, 5.41) is 8.17. The van der Waals surface area contributed by atoms with Crippen LogP contribution in [0.5, 0.6) is 0 Å². The molecule has 4 heteroatoms. The van der Waals surface area contributed by atoms with Crippen molar-refractivity contribution < 1.29 is 0 Å². The van der Waals surface area contributed by atoms with E-state index < -0.39 is 0 Å². The number of nitrogens with one attached hydrogen (secondary N) is 2. The molecule has 0 aromatic rings. The molecule has 0 spiro atoms. The fraction of sp³-hybridized carbons (Fsp3) is 0.939. The third-order valence-corrected chi connectivity index (χ3v) is 11.2. The molecule has 0 radical (unpaired) electrons. The molecule has 4 rings (SSSR count). The highest BCUT2D eigenvalue weighted by Crippen LogP contribution is 2.43. The highest BCUT2D eigenvalue weighted by molar-refractivity contribution is 6.20. The quantitative estimate of drug-likeness (QED) is 0.223. The number of piperidine rings is 1. The molecule has 4 aliphatic rings. The summed E-state index contributed by atoms with van der Waals surface area (Å²) in [5.41, 5.74) is 2.06. The smallest absolute Gasteiger partial charge is 0.0373 e. The Morgan fingerprint density at radius 3 is 2.46 bits per heavy atom. The molecule has 1 heterocycles. The predicted molar refractivity (Wildman–Crippen MR) is 161 cm³/mol. The number of halogens is 1. The van der Waals surface area contributed by atoms with E-state index in [0.717, 1.165) is 42.7 Å². The molecule has 3 unspecified atom stereocenters. The first kappa shape index (κ1) is 29.9. The van der Waals surface area contributed by atoms with E-state index in [1.165, 1.54) is 96.8 Å². The lowest BCUT2D eigenvalue weighted by atomic mass is 9.68. The van der Waals surface area contributed by atoms with Crippen LogP contribution in [0.2, 0.25) is 0 Å². The lowest BCUT2D eigenvalue weighted by Crippen LogP contribution is -2.52. The van der Waals surface area contributed by atoms with E-state index in [1.807, 2.05) is 0 Å². The van der Waals surface area contributed by atoms with Crippen LogP contribution < -0.4 is 10.6 Å². The second kappa shape index (κ2) is 14.0. The van der Waals surface area contributed by atoms with Gasteiger partial charge in [-0.1, -0.05) is 59.1 Å². The van der Waals surface area contributed by atoms with Crippen molar-refractivity contribution in [2.24, 2.45) is 35.0 Å². The molecule has 0 aromatic heterocycles. The maximum absolute atomic E-state index is 6.39. The summed E-state index contributed by atoms with van der Waals surface area (Å²) in [6.07, 6.45) is 18.9. The minimum atomic E-state index is 0.354. The molecule has 1 aliphatic heterocycles. The van der Waals surface area contributed by atoms with Crippen LogP contribution in [-0.2, 0) is 0 Å². The predicted octanol–water partition coefficient (Wildman–Crippen LogP) is 7.64. The van der Waals surface area contributed by atoms with Gasteiger partial charge < -0.3 is 15.5 Å². The number of hydrogen-bond acceptors (Lipinski definition) is 3. The highest BCUT2D eigenvalue weighted by atomic mass is 35.5. The normalized spacial score (nSPS) is 36.4. The largest absolute Gasteiger partial charge is 0.314 e. The van der Waals surface area contributed by atoms with Crippen molar-refractivity contribution in [3.63, 3.8) is 0 Å². The Hall–Kier alpha value is -0.0900. The van der Waals surface area contributed by atoms with E-state index >= 15 is 0 Å². The first-order chi connectivity index (χ1) is 17.7. The maximum Gasteiger partial charge on any atom is 0.0373 e. The molecule has 0 aromatic carbocycles. The van der Waals surface area contributed by atoms with E-state index in [9.17, 15) is 0 Å². The molecular weight excluding hydrogens is 474 g/mol. The van der Waals surface area contributed by atoms with Gasteiger partial charge in [0.05, 0.1) is 0 Å². The second-order valence-electron chi connectivity index (χ2n) is 14.4. The number of rotatable bonds is 10. The van der Waals surface area contributed by atoms with Gasteiger partial charge in [-0.2, -0.15) is 0 Å². The van der Waals surface area contributed by atoms with Crippen molar-refractivity contribution in [1.29, 1.82) is 0 Å². The minimum Gasteiger partial charge on any atom is -0.314 e. The Balaban J connectivity index is 1.24. The number of likely N-dealkylation sites (tertiary alicyclic amines) is 1. The summed E-state index contributed by atoms with van der Waals surface area (Å²) in [6.45, 7) is 18.2. The topological polar surface area (TPSA) is 27.3 Å². The minimum absolute atomic E-state index is 0.354. The van der Waals surface area contributed by atoms with Gasteiger partial charge in [0.1, 0.15) is 0 Å². The summed E-state index contributed by atoms with van der Waals surface area (Å²) < 4.78 is 0. The van der Waals surface area contributed by atoms with Gasteiger partial charge in [-0.15, -0.1) is 11.6 Å². The summed E-state index contributed by atoms with van der Waals surface area (Å²) in [7, 11) is 0. The van der Waals surface area contributed by atoms with Gasteiger partial charge >= 0.3 is 0 Å². The van der Waals surface area contributed by atoms with E-state index in [2.05, 4.69) is 56.2 Å². The Morgan fingerprint density at radius 2 is 1.81 bits per heavy atom. The fourth-order valence-corrected chi connectivity index (χ4v) is 8.79. The van der Waals surface area contributed by atoms with Crippen molar-refractivity contribution in [2.75, 3.05) is 32.7 Å². The van der Waals surface area contributed by atoms with Gasteiger partial charge in [0.2, 0.25) is 0 Å². The SMILES string of the molecule is CCNC1CCC(C2CCCC(CN[C@@H](CN3CC[C@H](C4=CCC(Cl)CC4)C(C)(C)C3)C(C)C)C2)CC1. The number of nitrogens with zero attached hydrogens (tertiary/aromatic N) is 1. The van der Waals surface area contributed by atoms with Crippen molar-refractivity contribution in [1.82, 2.24) is 15.5 Å². The van der Waals surface area contributed by atoms with Gasteiger partial charge in [-0.3, -0.25) is 0 Å². The Morgan fingerprint density at radius 1 is 1.03 bits per heavy atom. The van der Waals surface area contributed by atoms with Gasteiger partial charge in [0.25, 0.3) is 0 Å². The van der Waals surface area contributed by atoms with Crippen LogP contribution in [0.3, 0.4) is 0 Å². The second-order valence-corrected chi connectivity index (χ2v) is 15.1. The number of alkyl halides is 1. The standard InChI is InChI=1S/C33H60ClN3/c1-6-35-30-16-12-26(13-17-30)28-9-7-8-25(20-28)21-36-32(24(2)3)22-37-19-18-31(33(4,5)23-37)27-10-14-29(34)15-11-27/h10,24-26,28-32,35-36H,6-9,11-23H2,1-5H3/t25?,26?,28?,29?,30?,31-,32+/m1/s1. The molecule has 1 saturated heterocycles. The van der Waals surface area contributed by atoms with Crippen molar-refractivity contribution in [2.45, 2.75) is 129 Å². The zero-order valence-electron chi connectivity index (χ0n) is 25.0. The third kappa shape index (κ3) is 8.45. The lowest BCUT2D eigenvalue weighted by molar-refractivity contribution is 0.0585. The average molecular weight is 534 g/mol. The van der Waals surface area contributed by atoms with E-state index in [0.29, 0.717) is 22.8 Å². The molecule has 3 aliphatic carbocycles. The van der Waals surface area contributed by atoms with E-state index in [-0.39, 0.29) is 0 Å². The summed E-state index contributed by atoms with van der Waals surface area (Å²) in [5.74, 6) is 4.30. The zero-order valence-corrected chi connectivity index (χ0v) is 25.8. The van der Waals surface area contributed by atoms with Gasteiger partial charge in [-0.25, -0.2) is 0 Å². The molecule has 2 N–H and O–H groups in total. The van der Waals surface area contributed by atoms with Crippen LogP contribution in [0.25, 0.3) is 0 Å². The fourth-order valence-electron chi connectivity index (χ4n) is 8.59. The summed E-state index contributed by atoms with van der Waals surface area (Å²) in [6, 6.07) is 1.40. The van der Waals surface area contributed by atoms with Gasteiger partial charge in [0, 0.05) is 30.6 Å². The van der Waals surface area contributed by atoms with Crippen LogP contribution in [0.4, 0.5) is 0 Å². The van der Waals surface area contributed by atoms with Crippen LogP contribution in [0.1, 0.15) is 112 Å². The van der Waals surface area contributed by atoms with Crippen LogP contribution >= 0.6 is 11.6 Å². The molecular formula is C33H60ClN3. The highest BCUT2D eigenvalue weighted by Gasteiger charge is 2.39. The lowest BCUT2D eigenvalue weighted by Gasteiger charge is -2.47. The Bertz CT molecular complexity index is 710. The molecule has 214 valence electrons. The molecule has 2 saturated carbocycles. The first-order valence-corrected chi connectivity index (χ1v) is 16.7. The Kier molecular flexibility index (Phi) is 11.3. The summed E-state index contributed by atoms with van der Waals surface area (Å²) >= 11 is 6.39. The number of hydrogen-bond donors (Lipinski definition) is 2. The molecule has 37 heavy (non-hydrogen) atoms. The monoisotopic (exact) mass is 533 g/mol. The van der Waals surface area contributed by atoms with Gasteiger partial charge in [0.15, 0.2) is 0 Å². The molecule has 3 fully saturated rings. The van der Waals surface area contributed by atoms with E-state index in [4.69, 9.17) is 11.6 Å². The number of allylic oxidation sites excluding steroid dienone is 2. The molecule has 3 nitrogen and oxygen atoms in total. The zero-order chi connectivity index (χ0) is 26.4. The van der Waals surface area contributed by atoms with Crippen molar-refractivity contribution in [3.05, 3.63) is 11.6 Å². The van der Waals surface area contributed by atoms with Gasteiger partial charge in [-0.05, 0) is 119 Å². The van der Waals surface area contributed by atoms with Crippen LogP contribution in [-0.4, -0.2) is 55.1 Å². The molecule has 5 atom stereocenters. The van der Waals surface area contributed by atoms with Crippen molar-refractivity contribution in [3.8, 4) is 0 Å². The van der Waals surface area contributed by atoms with Crippen LogP contribution in [0, 0.1) is 35.0 Å². The maximum atomic E-state index is 6.39. The molecule has 0 amide bonds. The van der Waals surface area contributed by atoms with Crippen molar-refractivity contribution >= 4 is 11.6 Å². The third-order valence-electron chi connectivity index (χ3n) is 10.8. The van der Waals surface area contributed by atoms with E-state index in [1.54, 1.807) is 5.57 Å². The molecule has 0 bridgehead atoms. The summed E-state index contributed by atoms with van der Waals surface area (Å²) in [4.78, 5) is 2.79. The Labute approximate surface area is 235 Å². The average Bonchev–Trinajstić information content (AvgIpc) is 2.87.